The molecule has 0 saturated heterocycles. The van der Waals surface area contributed by atoms with Gasteiger partial charge in [-0.3, -0.25) is 0 Å². The standard InChI is InChI=1S/C13H21FN2/c1-4-15-8-11(3)16-9-12-5-6-13(14)7-10(12)2/h5-7,11,15-16H,4,8-9H2,1-3H3. The zero-order chi connectivity index (χ0) is 12.0. The minimum absolute atomic E-state index is 0.165. The van der Waals surface area contributed by atoms with E-state index in [4.69, 9.17) is 0 Å². The Labute approximate surface area is 97.3 Å². The molecule has 3 heteroatoms. The summed E-state index contributed by atoms with van der Waals surface area (Å²) >= 11 is 0. The van der Waals surface area contributed by atoms with Crippen LogP contribution in [0.4, 0.5) is 4.39 Å². The first kappa shape index (κ1) is 13.1. The molecule has 0 radical (unpaired) electrons. The van der Waals surface area contributed by atoms with Crippen LogP contribution in [0.15, 0.2) is 18.2 Å². The van der Waals surface area contributed by atoms with Crippen molar-refractivity contribution in [3.63, 3.8) is 0 Å². The van der Waals surface area contributed by atoms with Gasteiger partial charge in [0.05, 0.1) is 0 Å². The Morgan fingerprint density at radius 1 is 1.38 bits per heavy atom. The van der Waals surface area contributed by atoms with E-state index in [-0.39, 0.29) is 5.82 Å². The van der Waals surface area contributed by atoms with Gasteiger partial charge in [-0.2, -0.15) is 0 Å². The van der Waals surface area contributed by atoms with Crippen molar-refractivity contribution in [2.24, 2.45) is 0 Å². The number of nitrogens with one attached hydrogen (secondary N) is 2. The van der Waals surface area contributed by atoms with Gasteiger partial charge in [0, 0.05) is 19.1 Å². The van der Waals surface area contributed by atoms with E-state index in [1.165, 1.54) is 6.07 Å². The number of aryl methyl sites for hydroxylation is 1. The fourth-order valence-electron chi connectivity index (χ4n) is 1.57. The van der Waals surface area contributed by atoms with E-state index in [2.05, 4.69) is 24.5 Å². The predicted octanol–water partition coefficient (Wildman–Crippen LogP) is 2.22. The quantitative estimate of drug-likeness (QED) is 0.774. The normalized spacial score (nSPS) is 12.8. The van der Waals surface area contributed by atoms with E-state index in [0.29, 0.717) is 6.04 Å². The maximum Gasteiger partial charge on any atom is 0.123 e. The Morgan fingerprint density at radius 2 is 2.12 bits per heavy atom. The van der Waals surface area contributed by atoms with Gasteiger partial charge in [-0.1, -0.05) is 13.0 Å². The Morgan fingerprint density at radius 3 is 2.75 bits per heavy atom. The molecule has 0 amide bonds. The van der Waals surface area contributed by atoms with Gasteiger partial charge in [0.2, 0.25) is 0 Å². The SMILES string of the molecule is CCNCC(C)NCc1ccc(F)cc1C. The molecular weight excluding hydrogens is 203 g/mol. The van der Waals surface area contributed by atoms with E-state index in [0.717, 1.165) is 30.8 Å². The lowest BCUT2D eigenvalue weighted by Crippen LogP contribution is -2.35. The second kappa shape index (κ2) is 6.61. The van der Waals surface area contributed by atoms with Crippen LogP contribution in [0, 0.1) is 12.7 Å². The molecule has 0 aliphatic rings. The third-order valence-electron chi connectivity index (χ3n) is 2.65. The first-order valence-corrected chi connectivity index (χ1v) is 5.82. The van der Waals surface area contributed by atoms with Crippen LogP contribution in [-0.2, 0) is 6.54 Å². The number of benzene rings is 1. The van der Waals surface area contributed by atoms with Crippen molar-refractivity contribution in [3.8, 4) is 0 Å². The molecule has 0 heterocycles. The van der Waals surface area contributed by atoms with Crippen molar-refractivity contribution >= 4 is 0 Å². The Hall–Kier alpha value is -0.930. The van der Waals surface area contributed by atoms with Crippen molar-refractivity contribution in [2.45, 2.75) is 33.4 Å². The molecule has 0 spiro atoms. The molecule has 0 fully saturated rings. The average Bonchev–Trinajstić information content (AvgIpc) is 2.25. The zero-order valence-electron chi connectivity index (χ0n) is 10.3. The molecule has 90 valence electrons. The summed E-state index contributed by atoms with van der Waals surface area (Å²) in [5.74, 6) is -0.165. The highest BCUT2D eigenvalue weighted by Crippen LogP contribution is 2.09. The largest absolute Gasteiger partial charge is 0.315 e. The third-order valence-corrected chi connectivity index (χ3v) is 2.65. The lowest BCUT2D eigenvalue weighted by Gasteiger charge is -2.15. The molecule has 2 N–H and O–H groups in total. The summed E-state index contributed by atoms with van der Waals surface area (Å²) in [7, 11) is 0. The van der Waals surface area contributed by atoms with Crippen LogP contribution in [-0.4, -0.2) is 19.1 Å². The highest BCUT2D eigenvalue weighted by atomic mass is 19.1. The molecule has 16 heavy (non-hydrogen) atoms. The van der Waals surface area contributed by atoms with Gasteiger partial charge in [-0.05, 0) is 43.7 Å². The monoisotopic (exact) mass is 224 g/mol. The van der Waals surface area contributed by atoms with Crippen molar-refractivity contribution < 1.29 is 4.39 Å². The summed E-state index contributed by atoms with van der Waals surface area (Å²) < 4.78 is 12.9. The summed E-state index contributed by atoms with van der Waals surface area (Å²) in [6, 6.07) is 5.35. The van der Waals surface area contributed by atoms with Crippen molar-refractivity contribution in [1.82, 2.24) is 10.6 Å². The van der Waals surface area contributed by atoms with Crippen LogP contribution in [0.5, 0.6) is 0 Å². The third kappa shape index (κ3) is 4.29. The van der Waals surface area contributed by atoms with Crippen LogP contribution < -0.4 is 10.6 Å². The second-order valence-corrected chi connectivity index (χ2v) is 4.16. The molecule has 2 nitrogen and oxygen atoms in total. The van der Waals surface area contributed by atoms with Gasteiger partial charge in [0.15, 0.2) is 0 Å². The second-order valence-electron chi connectivity index (χ2n) is 4.16. The summed E-state index contributed by atoms with van der Waals surface area (Å²) in [5.41, 5.74) is 2.16. The van der Waals surface area contributed by atoms with Crippen LogP contribution in [0.2, 0.25) is 0 Å². The Balaban J connectivity index is 2.42. The highest BCUT2D eigenvalue weighted by molar-refractivity contribution is 5.26. The molecule has 1 rings (SSSR count). The zero-order valence-corrected chi connectivity index (χ0v) is 10.3. The maximum atomic E-state index is 12.9. The van der Waals surface area contributed by atoms with Gasteiger partial charge in [-0.15, -0.1) is 0 Å². The topological polar surface area (TPSA) is 24.1 Å². The smallest absolute Gasteiger partial charge is 0.123 e. The van der Waals surface area contributed by atoms with Gasteiger partial charge in [-0.25, -0.2) is 4.39 Å². The molecule has 1 unspecified atom stereocenters. The fourth-order valence-corrected chi connectivity index (χ4v) is 1.57. The van der Waals surface area contributed by atoms with Gasteiger partial charge in [0.1, 0.15) is 5.82 Å². The summed E-state index contributed by atoms with van der Waals surface area (Å²) in [6.07, 6.45) is 0. The summed E-state index contributed by atoms with van der Waals surface area (Å²) in [6.45, 7) is 8.91. The number of hydrogen-bond donors (Lipinski definition) is 2. The van der Waals surface area contributed by atoms with E-state index in [9.17, 15) is 4.39 Å². The van der Waals surface area contributed by atoms with Crippen molar-refractivity contribution in [2.75, 3.05) is 13.1 Å². The van der Waals surface area contributed by atoms with Gasteiger partial charge in [0.25, 0.3) is 0 Å². The Kier molecular flexibility index (Phi) is 5.43. The van der Waals surface area contributed by atoms with E-state index >= 15 is 0 Å². The minimum Gasteiger partial charge on any atom is -0.315 e. The molecule has 1 aromatic rings. The highest BCUT2D eigenvalue weighted by Gasteiger charge is 2.03. The van der Waals surface area contributed by atoms with Crippen LogP contribution in [0.3, 0.4) is 0 Å². The fraction of sp³-hybridized carbons (Fsp3) is 0.538. The molecular formula is C13H21FN2. The van der Waals surface area contributed by atoms with E-state index in [1.54, 1.807) is 6.07 Å². The lowest BCUT2D eigenvalue weighted by atomic mass is 10.1. The van der Waals surface area contributed by atoms with E-state index in [1.807, 2.05) is 13.0 Å². The first-order chi connectivity index (χ1) is 7.63. The van der Waals surface area contributed by atoms with Crippen LogP contribution in [0.25, 0.3) is 0 Å². The first-order valence-electron chi connectivity index (χ1n) is 5.82. The van der Waals surface area contributed by atoms with Gasteiger partial charge >= 0.3 is 0 Å². The minimum atomic E-state index is -0.165. The predicted molar refractivity (Wildman–Crippen MR) is 66.0 cm³/mol. The number of rotatable bonds is 6. The van der Waals surface area contributed by atoms with E-state index < -0.39 is 0 Å². The molecule has 0 bridgehead atoms. The Bertz CT molecular complexity index is 326. The summed E-state index contributed by atoms with van der Waals surface area (Å²) in [5, 5.41) is 6.69. The van der Waals surface area contributed by atoms with Crippen molar-refractivity contribution in [3.05, 3.63) is 35.1 Å². The molecule has 1 aromatic carbocycles. The lowest BCUT2D eigenvalue weighted by molar-refractivity contribution is 0.508. The number of likely N-dealkylation sites (N-methyl/N-ethyl adjacent to an activating group) is 1. The summed E-state index contributed by atoms with van der Waals surface area (Å²) in [4.78, 5) is 0. The number of halogens is 1. The molecule has 0 aromatic heterocycles. The number of hydrogen-bond acceptors (Lipinski definition) is 2. The molecule has 0 aliphatic heterocycles. The maximum absolute atomic E-state index is 12.9. The van der Waals surface area contributed by atoms with Gasteiger partial charge < -0.3 is 10.6 Å². The molecule has 0 saturated carbocycles. The molecule has 0 aliphatic carbocycles. The van der Waals surface area contributed by atoms with Crippen molar-refractivity contribution in [1.29, 1.82) is 0 Å². The molecule has 1 atom stereocenters. The van der Waals surface area contributed by atoms with Crippen LogP contribution in [0.1, 0.15) is 25.0 Å². The average molecular weight is 224 g/mol. The van der Waals surface area contributed by atoms with Crippen LogP contribution >= 0.6 is 0 Å².